The number of halogens is 1. The number of guanidine groups is 1. The number of rotatable bonds is 5. The third-order valence-corrected chi connectivity index (χ3v) is 6.69. The van der Waals surface area contributed by atoms with E-state index in [0.29, 0.717) is 12.5 Å². The maximum Gasteiger partial charge on any atom is 0.225 e. The van der Waals surface area contributed by atoms with Crippen molar-refractivity contribution in [3.8, 4) is 5.69 Å². The number of aromatic nitrogens is 2. The van der Waals surface area contributed by atoms with Gasteiger partial charge in [0.15, 0.2) is 5.96 Å². The fourth-order valence-electron chi connectivity index (χ4n) is 4.99. The van der Waals surface area contributed by atoms with E-state index in [2.05, 4.69) is 50.7 Å². The van der Waals surface area contributed by atoms with Gasteiger partial charge in [-0.15, -0.1) is 24.0 Å². The van der Waals surface area contributed by atoms with Crippen LogP contribution < -0.4 is 10.6 Å². The van der Waals surface area contributed by atoms with Gasteiger partial charge < -0.3 is 15.5 Å². The van der Waals surface area contributed by atoms with E-state index in [4.69, 9.17) is 0 Å². The summed E-state index contributed by atoms with van der Waals surface area (Å²) in [6.07, 6.45) is 6.75. The number of amides is 1. The van der Waals surface area contributed by atoms with E-state index in [-0.39, 0.29) is 35.9 Å². The second kappa shape index (κ2) is 11.9. The molecule has 1 aromatic heterocycles. The van der Waals surface area contributed by atoms with Crippen LogP contribution in [0.3, 0.4) is 0 Å². The quantitative estimate of drug-likeness (QED) is 0.328. The largest absolute Gasteiger partial charge is 0.352 e. The Morgan fingerprint density at radius 3 is 2.61 bits per heavy atom. The van der Waals surface area contributed by atoms with E-state index in [1.807, 2.05) is 23.7 Å². The number of aliphatic imine (C=N–C) groups is 1. The third-order valence-electron chi connectivity index (χ3n) is 6.69. The first-order valence-electron chi connectivity index (χ1n) is 11.9. The molecular formula is C25H37IN6O. The predicted octanol–water partition coefficient (Wildman–Crippen LogP) is 3.95. The lowest BCUT2D eigenvalue weighted by molar-refractivity contribution is -0.135. The number of para-hydroxylation sites is 1. The van der Waals surface area contributed by atoms with Crippen LogP contribution in [0.1, 0.15) is 55.5 Å². The molecule has 2 fully saturated rings. The first-order valence-corrected chi connectivity index (χ1v) is 11.9. The van der Waals surface area contributed by atoms with E-state index in [1.54, 1.807) is 7.05 Å². The number of aryl methyl sites for hydroxylation is 2. The summed E-state index contributed by atoms with van der Waals surface area (Å²) in [5, 5.41) is 11.6. The van der Waals surface area contributed by atoms with Crippen LogP contribution >= 0.6 is 24.0 Å². The highest BCUT2D eigenvalue weighted by Crippen LogP contribution is 2.26. The monoisotopic (exact) mass is 564 g/mol. The second-order valence-corrected chi connectivity index (χ2v) is 9.14. The Bertz CT molecular complexity index is 966. The van der Waals surface area contributed by atoms with Crippen molar-refractivity contribution in [1.29, 1.82) is 0 Å². The third kappa shape index (κ3) is 6.28. The number of carbonyl (C=O) groups is 1. The van der Waals surface area contributed by atoms with Gasteiger partial charge in [0.25, 0.3) is 0 Å². The Hall–Kier alpha value is -2.10. The molecule has 1 atom stereocenters. The van der Waals surface area contributed by atoms with E-state index < -0.39 is 0 Å². The normalized spacial score (nSPS) is 19.3. The lowest BCUT2D eigenvalue weighted by Crippen LogP contribution is -2.45. The van der Waals surface area contributed by atoms with Crippen molar-refractivity contribution in [2.24, 2.45) is 10.9 Å². The summed E-state index contributed by atoms with van der Waals surface area (Å²) in [5.41, 5.74) is 4.36. The second-order valence-electron chi connectivity index (χ2n) is 9.14. The minimum Gasteiger partial charge on any atom is -0.352 e. The lowest BCUT2D eigenvalue weighted by Gasteiger charge is -2.26. The molecule has 4 rings (SSSR count). The predicted molar refractivity (Wildman–Crippen MR) is 143 cm³/mol. The van der Waals surface area contributed by atoms with Crippen LogP contribution in [-0.2, 0) is 11.3 Å². The number of nitrogens with zero attached hydrogens (tertiary/aromatic N) is 4. The summed E-state index contributed by atoms with van der Waals surface area (Å²) >= 11 is 0. The molecule has 1 unspecified atom stereocenters. The summed E-state index contributed by atoms with van der Waals surface area (Å²) in [4.78, 5) is 19.3. The van der Waals surface area contributed by atoms with E-state index in [0.717, 1.165) is 61.0 Å². The van der Waals surface area contributed by atoms with Crippen molar-refractivity contribution in [2.45, 2.75) is 65.0 Å². The summed E-state index contributed by atoms with van der Waals surface area (Å²) in [6, 6.07) is 10.6. The van der Waals surface area contributed by atoms with Gasteiger partial charge in [0.1, 0.15) is 0 Å². The smallest absolute Gasteiger partial charge is 0.225 e. The average Bonchev–Trinajstić information content (AvgIpc) is 3.42. The SMILES string of the molecule is CN=C(NCc1ccccc1-n1nc(C)cc1C)NC1CCN(C(=O)C2CCCCC2)C1.I. The highest BCUT2D eigenvalue weighted by molar-refractivity contribution is 14.0. The standard InChI is InChI=1S/C25H36N6O.HI/c1-18-15-19(2)31(29-18)23-12-8-7-11-21(23)16-27-25(26-3)28-22-13-14-30(17-22)24(32)20-9-5-4-6-10-20;/h7-8,11-12,15,20,22H,4-6,9-10,13-14,16-17H2,1-3H3,(H2,26,27,28);1H. The average molecular weight is 565 g/mol. The van der Waals surface area contributed by atoms with Crippen molar-refractivity contribution in [1.82, 2.24) is 25.3 Å². The number of likely N-dealkylation sites (tertiary alicyclic amines) is 1. The zero-order valence-electron chi connectivity index (χ0n) is 20.0. The fraction of sp³-hybridized carbons (Fsp3) is 0.560. The van der Waals surface area contributed by atoms with Crippen LogP contribution in [0, 0.1) is 19.8 Å². The molecule has 180 valence electrons. The van der Waals surface area contributed by atoms with Gasteiger partial charge in [-0.1, -0.05) is 37.5 Å². The van der Waals surface area contributed by atoms with Gasteiger partial charge in [-0.25, -0.2) is 4.68 Å². The Balaban J connectivity index is 0.00000306. The first-order chi connectivity index (χ1) is 15.5. The summed E-state index contributed by atoms with van der Waals surface area (Å²) in [6.45, 7) is 6.33. The Labute approximate surface area is 214 Å². The Kier molecular flexibility index (Phi) is 9.17. The molecule has 2 aromatic rings. The number of hydrogen-bond donors (Lipinski definition) is 2. The van der Waals surface area contributed by atoms with Crippen LogP contribution in [0.4, 0.5) is 0 Å². The maximum absolute atomic E-state index is 12.9. The van der Waals surface area contributed by atoms with Crippen molar-refractivity contribution in [3.05, 3.63) is 47.3 Å². The van der Waals surface area contributed by atoms with Gasteiger partial charge in [-0.05, 0) is 50.8 Å². The number of benzene rings is 1. The molecule has 2 N–H and O–H groups in total. The number of hydrogen-bond acceptors (Lipinski definition) is 3. The van der Waals surface area contributed by atoms with Gasteiger partial charge in [-0.2, -0.15) is 5.10 Å². The number of carbonyl (C=O) groups excluding carboxylic acids is 1. The molecule has 0 spiro atoms. The zero-order valence-corrected chi connectivity index (χ0v) is 22.3. The Morgan fingerprint density at radius 1 is 1.15 bits per heavy atom. The first kappa shape index (κ1) is 25.5. The lowest BCUT2D eigenvalue weighted by atomic mass is 9.88. The molecule has 2 heterocycles. The molecular weight excluding hydrogens is 527 g/mol. The number of nitrogens with one attached hydrogen (secondary N) is 2. The van der Waals surface area contributed by atoms with Crippen LogP contribution in [-0.4, -0.2) is 52.7 Å². The molecule has 1 aliphatic heterocycles. The minimum absolute atomic E-state index is 0. The zero-order chi connectivity index (χ0) is 22.5. The molecule has 7 nitrogen and oxygen atoms in total. The fourth-order valence-corrected chi connectivity index (χ4v) is 4.99. The molecule has 8 heteroatoms. The van der Waals surface area contributed by atoms with Crippen LogP contribution in [0.2, 0.25) is 0 Å². The van der Waals surface area contributed by atoms with Crippen molar-refractivity contribution < 1.29 is 4.79 Å². The summed E-state index contributed by atoms with van der Waals surface area (Å²) in [5.74, 6) is 1.37. The molecule has 33 heavy (non-hydrogen) atoms. The van der Waals surface area contributed by atoms with E-state index in [1.165, 1.54) is 19.3 Å². The maximum atomic E-state index is 12.9. The van der Waals surface area contributed by atoms with Crippen molar-refractivity contribution in [3.63, 3.8) is 0 Å². The van der Waals surface area contributed by atoms with Crippen LogP contribution in [0.5, 0.6) is 0 Å². The van der Waals surface area contributed by atoms with Crippen LogP contribution in [0.15, 0.2) is 35.3 Å². The molecule has 1 amide bonds. The summed E-state index contributed by atoms with van der Waals surface area (Å²) in [7, 11) is 1.79. The van der Waals surface area contributed by atoms with Crippen molar-refractivity contribution >= 4 is 35.8 Å². The van der Waals surface area contributed by atoms with Crippen LogP contribution in [0.25, 0.3) is 5.69 Å². The summed E-state index contributed by atoms with van der Waals surface area (Å²) < 4.78 is 1.99. The molecule has 0 bridgehead atoms. The van der Waals surface area contributed by atoms with Gasteiger partial charge in [0, 0.05) is 44.3 Å². The molecule has 1 saturated heterocycles. The molecule has 1 aliphatic carbocycles. The molecule has 1 aromatic carbocycles. The van der Waals surface area contributed by atoms with Gasteiger partial charge in [0.2, 0.25) is 5.91 Å². The van der Waals surface area contributed by atoms with Crippen molar-refractivity contribution in [2.75, 3.05) is 20.1 Å². The minimum atomic E-state index is 0. The highest BCUT2D eigenvalue weighted by Gasteiger charge is 2.31. The van der Waals surface area contributed by atoms with Gasteiger partial charge in [-0.3, -0.25) is 9.79 Å². The molecule has 1 saturated carbocycles. The molecule has 2 aliphatic rings. The van der Waals surface area contributed by atoms with E-state index >= 15 is 0 Å². The highest BCUT2D eigenvalue weighted by atomic mass is 127. The molecule has 0 radical (unpaired) electrons. The topological polar surface area (TPSA) is 74.6 Å². The van der Waals surface area contributed by atoms with Gasteiger partial charge in [0.05, 0.1) is 11.4 Å². The van der Waals surface area contributed by atoms with Gasteiger partial charge >= 0.3 is 0 Å². The Morgan fingerprint density at radius 2 is 1.91 bits per heavy atom. The van der Waals surface area contributed by atoms with E-state index in [9.17, 15) is 4.79 Å².